The Morgan fingerprint density at radius 2 is 2.40 bits per heavy atom. The normalized spacial score (nSPS) is 28.3. The van der Waals surface area contributed by atoms with Crippen LogP contribution in [0.3, 0.4) is 0 Å². The van der Waals surface area contributed by atoms with Crippen LogP contribution in [0, 0.1) is 12.8 Å². The second kappa shape index (κ2) is 4.53. The SMILES string of the molecule is Cc1sc(C(O)C2OCCC2C)cc1Br. The minimum absolute atomic E-state index is 0.0325. The first kappa shape index (κ1) is 11.6. The van der Waals surface area contributed by atoms with E-state index in [2.05, 4.69) is 22.9 Å². The first-order valence-corrected chi connectivity index (χ1v) is 6.76. The average Bonchev–Trinajstić information content (AvgIpc) is 2.74. The third-order valence-corrected chi connectivity index (χ3v) is 5.13. The predicted octanol–water partition coefficient (Wildman–Crippen LogP) is 3.28. The van der Waals surface area contributed by atoms with Crippen molar-refractivity contribution in [1.29, 1.82) is 0 Å². The maximum Gasteiger partial charge on any atom is 0.115 e. The maximum atomic E-state index is 10.2. The van der Waals surface area contributed by atoms with Gasteiger partial charge in [0.15, 0.2) is 0 Å². The monoisotopic (exact) mass is 290 g/mol. The molecular weight excluding hydrogens is 276 g/mol. The van der Waals surface area contributed by atoms with Crippen LogP contribution in [0.15, 0.2) is 10.5 Å². The molecule has 3 atom stereocenters. The predicted molar refractivity (Wildman–Crippen MR) is 65.2 cm³/mol. The standard InChI is InChI=1S/C11H15BrO2S/c1-6-3-4-14-11(6)10(13)9-5-8(12)7(2)15-9/h5-6,10-11,13H,3-4H2,1-2H3. The van der Waals surface area contributed by atoms with Crippen molar-refractivity contribution >= 4 is 27.3 Å². The Kier molecular flexibility index (Phi) is 3.50. The van der Waals surface area contributed by atoms with Gasteiger partial charge in [0, 0.05) is 20.8 Å². The molecular formula is C11H15BrO2S. The zero-order valence-electron chi connectivity index (χ0n) is 8.87. The fourth-order valence-corrected chi connectivity index (χ4v) is 3.49. The summed E-state index contributed by atoms with van der Waals surface area (Å²) in [6.07, 6.45) is 0.542. The number of aliphatic hydroxyl groups is 1. The fraction of sp³-hybridized carbons (Fsp3) is 0.636. The molecule has 1 fully saturated rings. The van der Waals surface area contributed by atoms with E-state index in [-0.39, 0.29) is 6.10 Å². The third kappa shape index (κ3) is 2.28. The molecule has 0 spiro atoms. The van der Waals surface area contributed by atoms with Crippen molar-refractivity contribution in [3.63, 3.8) is 0 Å². The van der Waals surface area contributed by atoms with Crippen molar-refractivity contribution in [3.8, 4) is 0 Å². The van der Waals surface area contributed by atoms with Crippen LogP contribution in [0.4, 0.5) is 0 Å². The van der Waals surface area contributed by atoms with Crippen molar-refractivity contribution in [2.45, 2.75) is 32.5 Å². The quantitative estimate of drug-likeness (QED) is 0.906. The van der Waals surface area contributed by atoms with E-state index in [1.54, 1.807) is 11.3 Å². The minimum Gasteiger partial charge on any atom is -0.385 e. The van der Waals surface area contributed by atoms with Crippen LogP contribution in [0.1, 0.15) is 29.2 Å². The van der Waals surface area contributed by atoms with E-state index < -0.39 is 6.10 Å². The Morgan fingerprint density at radius 3 is 2.87 bits per heavy atom. The highest BCUT2D eigenvalue weighted by Gasteiger charge is 2.32. The molecule has 0 saturated carbocycles. The van der Waals surface area contributed by atoms with Crippen molar-refractivity contribution in [1.82, 2.24) is 0 Å². The first-order chi connectivity index (χ1) is 7.09. The van der Waals surface area contributed by atoms with Gasteiger partial charge in [0.25, 0.3) is 0 Å². The van der Waals surface area contributed by atoms with Crippen molar-refractivity contribution in [2.24, 2.45) is 5.92 Å². The summed E-state index contributed by atoms with van der Waals surface area (Å²) in [5.41, 5.74) is 0. The average molecular weight is 291 g/mol. The van der Waals surface area contributed by atoms with Gasteiger partial charge in [-0.2, -0.15) is 0 Å². The molecule has 4 heteroatoms. The van der Waals surface area contributed by atoms with E-state index in [1.165, 1.54) is 4.88 Å². The van der Waals surface area contributed by atoms with E-state index in [4.69, 9.17) is 4.74 Å². The maximum absolute atomic E-state index is 10.2. The van der Waals surface area contributed by atoms with Crippen LogP contribution in [0.25, 0.3) is 0 Å². The highest BCUT2D eigenvalue weighted by molar-refractivity contribution is 9.10. The molecule has 0 bridgehead atoms. The van der Waals surface area contributed by atoms with Crippen molar-refractivity contribution < 1.29 is 9.84 Å². The van der Waals surface area contributed by atoms with Gasteiger partial charge in [-0.25, -0.2) is 0 Å². The van der Waals surface area contributed by atoms with Crippen LogP contribution in [0.5, 0.6) is 0 Å². The Bertz CT molecular complexity index is 331. The van der Waals surface area contributed by atoms with Crippen LogP contribution >= 0.6 is 27.3 Å². The molecule has 2 nitrogen and oxygen atoms in total. The van der Waals surface area contributed by atoms with Crippen LogP contribution < -0.4 is 0 Å². The van der Waals surface area contributed by atoms with Gasteiger partial charge < -0.3 is 9.84 Å². The second-order valence-corrected chi connectivity index (χ2v) is 6.24. The number of hydrogen-bond acceptors (Lipinski definition) is 3. The number of thiophene rings is 1. The molecule has 2 heterocycles. The lowest BCUT2D eigenvalue weighted by Crippen LogP contribution is -2.22. The molecule has 1 aromatic rings. The van der Waals surface area contributed by atoms with Crippen LogP contribution in [0.2, 0.25) is 0 Å². The van der Waals surface area contributed by atoms with Gasteiger partial charge in [-0.05, 0) is 41.3 Å². The molecule has 0 aromatic carbocycles. The molecule has 84 valence electrons. The Hall–Kier alpha value is 0.100. The van der Waals surface area contributed by atoms with E-state index in [1.807, 2.05) is 13.0 Å². The molecule has 3 unspecified atom stereocenters. The Morgan fingerprint density at radius 1 is 1.67 bits per heavy atom. The lowest BCUT2D eigenvalue weighted by Gasteiger charge is -2.20. The molecule has 0 amide bonds. The van der Waals surface area contributed by atoms with E-state index >= 15 is 0 Å². The molecule has 1 aliphatic heterocycles. The molecule has 2 rings (SSSR count). The van der Waals surface area contributed by atoms with Gasteiger partial charge in [-0.15, -0.1) is 11.3 Å². The molecule has 1 N–H and O–H groups in total. The highest BCUT2D eigenvalue weighted by Crippen LogP contribution is 2.37. The zero-order valence-corrected chi connectivity index (χ0v) is 11.3. The van der Waals surface area contributed by atoms with Gasteiger partial charge in [0.2, 0.25) is 0 Å². The van der Waals surface area contributed by atoms with Gasteiger partial charge in [-0.3, -0.25) is 0 Å². The number of ether oxygens (including phenoxy) is 1. The zero-order chi connectivity index (χ0) is 11.0. The highest BCUT2D eigenvalue weighted by atomic mass is 79.9. The number of hydrogen-bond donors (Lipinski definition) is 1. The molecule has 15 heavy (non-hydrogen) atoms. The Labute approximate surface area is 102 Å². The van der Waals surface area contributed by atoms with E-state index in [9.17, 15) is 5.11 Å². The molecule has 1 aromatic heterocycles. The minimum atomic E-state index is -0.475. The van der Waals surface area contributed by atoms with E-state index in [0.29, 0.717) is 5.92 Å². The summed E-state index contributed by atoms with van der Waals surface area (Å²) >= 11 is 5.10. The number of aryl methyl sites for hydroxylation is 1. The summed E-state index contributed by atoms with van der Waals surface area (Å²) < 4.78 is 6.65. The van der Waals surface area contributed by atoms with Crippen molar-refractivity contribution in [3.05, 3.63) is 20.3 Å². The number of aliphatic hydroxyl groups excluding tert-OH is 1. The number of rotatable bonds is 2. The Balaban J connectivity index is 2.16. The van der Waals surface area contributed by atoms with Crippen LogP contribution in [-0.2, 0) is 4.74 Å². The lowest BCUT2D eigenvalue weighted by atomic mass is 9.99. The second-order valence-electron chi connectivity index (χ2n) is 4.10. The summed E-state index contributed by atoms with van der Waals surface area (Å²) in [5.74, 6) is 0.446. The summed E-state index contributed by atoms with van der Waals surface area (Å²) in [4.78, 5) is 2.20. The first-order valence-electron chi connectivity index (χ1n) is 5.15. The molecule has 0 radical (unpaired) electrons. The van der Waals surface area contributed by atoms with Crippen LogP contribution in [-0.4, -0.2) is 17.8 Å². The smallest absolute Gasteiger partial charge is 0.115 e. The summed E-state index contributed by atoms with van der Waals surface area (Å²) in [7, 11) is 0. The summed E-state index contributed by atoms with van der Waals surface area (Å²) in [6, 6.07) is 2.00. The van der Waals surface area contributed by atoms with Gasteiger partial charge in [-0.1, -0.05) is 6.92 Å². The lowest BCUT2D eigenvalue weighted by molar-refractivity contribution is -0.0160. The van der Waals surface area contributed by atoms with Gasteiger partial charge >= 0.3 is 0 Å². The summed E-state index contributed by atoms with van der Waals surface area (Å²) in [5, 5.41) is 10.2. The molecule has 1 saturated heterocycles. The fourth-order valence-electron chi connectivity index (χ4n) is 1.91. The van der Waals surface area contributed by atoms with Gasteiger partial charge in [0.05, 0.1) is 6.10 Å². The van der Waals surface area contributed by atoms with Crippen molar-refractivity contribution in [2.75, 3.05) is 6.61 Å². The summed E-state index contributed by atoms with van der Waals surface area (Å²) in [6.45, 7) is 4.95. The molecule has 0 aliphatic carbocycles. The largest absolute Gasteiger partial charge is 0.385 e. The van der Waals surface area contributed by atoms with E-state index in [0.717, 1.165) is 22.4 Å². The molecule has 1 aliphatic rings. The number of halogens is 1. The van der Waals surface area contributed by atoms with Gasteiger partial charge in [0.1, 0.15) is 6.10 Å². The third-order valence-electron chi connectivity index (χ3n) is 2.92. The topological polar surface area (TPSA) is 29.5 Å².